The van der Waals surface area contributed by atoms with Gasteiger partial charge in [0.05, 0.1) is 12.1 Å². The van der Waals surface area contributed by atoms with Gasteiger partial charge >= 0.3 is 6.18 Å². The van der Waals surface area contributed by atoms with Gasteiger partial charge < -0.3 is 5.32 Å². The van der Waals surface area contributed by atoms with Gasteiger partial charge in [-0.3, -0.25) is 4.79 Å². The largest absolute Gasteiger partial charge is 0.416 e. The Labute approximate surface area is 123 Å². The fourth-order valence-corrected chi connectivity index (χ4v) is 1.52. The Morgan fingerprint density at radius 3 is 2.86 bits per heavy atom. The normalized spacial score (nSPS) is 10.7. The second kappa shape index (κ2) is 6.71. The van der Waals surface area contributed by atoms with Gasteiger partial charge in [-0.25, -0.2) is 4.68 Å². The number of tetrazole rings is 1. The summed E-state index contributed by atoms with van der Waals surface area (Å²) >= 11 is 0. The van der Waals surface area contributed by atoms with Crippen LogP contribution in [0.15, 0.2) is 30.6 Å². The van der Waals surface area contributed by atoms with Crippen molar-refractivity contribution < 1.29 is 18.0 Å². The second-order valence-corrected chi connectivity index (χ2v) is 4.16. The fraction of sp³-hybridized carbons (Fsp3) is 0.231. The minimum Gasteiger partial charge on any atom is -0.344 e. The molecule has 1 heterocycles. The van der Waals surface area contributed by atoms with Gasteiger partial charge in [-0.15, -0.1) is 5.10 Å². The van der Waals surface area contributed by atoms with E-state index in [1.165, 1.54) is 23.1 Å². The highest BCUT2D eigenvalue weighted by atomic mass is 19.4. The SMILES string of the molecule is O=C(Cn1cnnn1)NCC#Cc1cccc(C(F)(F)F)c1. The maximum absolute atomic E-state index is 12.5. The van der Waals surface area contributed by atoms with Crippen molar-refractivity contribution in [2.45, 2.75) is 12.7 Å². The third kappa shape index (κ3) is 4.59. The number of benzene rings is 1. The van der Waals surface area contributed by atoms with Crippen LogP contribution in [0, 0.1) is 11.8 Å². The van der Waals surface area contributed by atoms with Gasteiger partial charge in [0, 0.05) is 5.56 Å². The quantitative estimate of drug-likeness (QED) is 0.854. The molecule has 0 fully saturated rings. The molecule has 0 unspecified atom stereocenters. The molecule has 0 aliphatic heterocycles. The van der Waals surface area contributed by atoms with Crippen LogP contribution in [0.25, 0.3) is 0 Å². The van der Waals surface area contributed by atoms with Gasteiger partial charge in [-0.2, -0.15) is 13.2 Å². The molecule has 1 aromatic carbocycles. The number of aromatic nitrogens is 4. The van der Waals surface area contributed by atoms with E-state index in [-0.39, 0.29) is 24.6 Å². The maximum atomic E-state index is 12.5. The lowest BCUT2D eigenvalue weighted by Crippen LogP contribution is -2.28. The molecular weight excluding hydrogens is 299 g/mol. The van der Waals surface area contributed by atoms with Gasteiger partial charge in [0.2, 0.25) is 5.91 Å². The Kier molecular flexibility index (Phi) is 4.73. The zero-order valence-corrected chi connectivity index (χ0v) is 11.1. The first kappa shape index (κ1) is 15.5. The number of nitrogens with zero attached hydrogens (tertiary/aromatic N) is 4. The molecule has 9 heteroatoms. The first-order valence-corrected chi connectivity index (χ1v) is 6.09. The van der Waals surface area contributed by atoms with Crippen LogP contribution in [0.5, 0.6) is 0 Å². The van der Waals surface area contributed by atoms with Gasteiger partial charge in [0.25, 0.3) is 0 Å². The monoisotopic (exact) mass is 309 g/mol. The van der Waals surface area contributed by atoms with E-state index in [1.807, 2.05) is 0 Å². The van der Waals surface area contributed by atoms with E-state index >= 15 is 0 Å². The number of nitrogens with one attached hydrogen (secondary N) is 1. The van der Waals surface area contributed by atoms with Crippen LogP contribution in [0.4, 0.5) is 13.2 Å². The molecule has 6 nitrogen and oxygen atoms in total. The number of alkyl halides is 3. The number of amides is 1. The molecule has 0 spiro atoms. The summed E-state index contributed by atoms with van der Waals surface area (Å²) < 4.78 is 38.8. The minimum absolute atomic E-state index is 0.0111. The lowest BCUT2D eigenvalue weighted by Gasteiger charge is -2.05. The van der Waals surface area contributed by atoms with E-state index < -0.39 is 11.7 Å². The highest BCUT2D eigenvalue weighted by Crippen LogP contribution is 2.29. The topological polar surface area (TPSA) is 72.7 Å². The summed E-state index contributed by atoms with van der Waals surface area (Å²) in [5.41, 5.74) is -0.536. The van der Waals surface area contributed by atoms with Crippen LogP contribution < -0.4 is 5.32 Å². The average molecular weight is 309 g/mol. The molecule has 0 radical (unpaired) electrons. The van der Waals surface area contributed by atoms with E-state index in [4.69, 9.17) is 0 Å². The standard InChI is InChI=1S/C13H10F3N5O/c14-13(15,16)11-5-1-3-10(7-11)4-2-6-17-12(22)8-21-9-18-19-20-21/h1,3,5,7,9H,6,8H2,(H,17,22). The van der Waals surface area contributed by atoms with Gasteiger partial charge in [0.15, 0.2) is 0 Å². The molecular formula is C13H10F3N5O. The summed E-state index contributed by atoms with van der Waals surface area (Å²) in [4.78, 5) is 11.5. The number of carbonyl (C=O) groups is 1. The molecule has 22 heavy (non-hydrogen) atoms. The smallest absolute Gasteiger partial charge is 0.344 e. The molecule has 1 N–H and O–H groups in total. The number of hydrogen-bond acceptors (Lipinski definition) is 4. The van der Waals surface area contributed by atoms with Crippen LogP contribution in [0.1, 0.15) is 11.1 Å². The van der Waals surface area contributed by atoms with Crippen molar-refractivity contribution in [2.24, 2.45) is 0 Å². The summed E-state index contributed by atoms with van der Waals surface area (Å²) in [6.45, 7) is -0.0462. The van der Waals surface area contributed by atoms with Gasteiger partial charge in [0.1, 0.15) is 12.9 Å². The Balaban J connectivity index is 1.87. The van der Waals surface area contributed by atoms with Gasteiger partial charge in [-0.1, -0.05) is 17.9 Å². The van der Waals surface area contributed by atoms with E-state index in [2.05, 4.69) is 32.7 Å². The van der Waals surface area contributed by atoms with Crippen LogP contribution in [-0.2, 0) is 17.5 Å². The van der Waals surface area contributed by atoms with Crippen molar-refractivity contribution in [1.82, 2.24) is 25.5 Å². The molecule has 0 atom stereocenters. The van der Waals surface area contributed by atoms with Gasteiger partial charge in [-0.05, 0) is 28.6 Å². The van der Waals surface area contributed by atoms with E-state index in [1.54, 1.807) is 0 Å². The zero-order valence-electron chi connectivity index (χ0n) is 11.1. The molecule has 114 valence electrons. The summed E-state index contributed by atoms with van der Waals surface area (Å²) in [5, 5.41) is 12.7. The Morgan fingerprint density at radius 1 is 1.36 bits per heavy atom. The fourth-order valence-electron chi connectivity index (χ4n) is 1.52. The zero-order chi connectivity index (χ0) is 16.0. The maximum Gasteiger partial charge on any atom is 0.416 e. The number of halogens is 3. The van der Waals surface area contributed by atoms with Crippen molar-refractivity contribution in [3.63, 3.8) is 0 Å². The second-order valence-electron chi connectivity index (χ2n) is 4.16. The average Bonchev–Trinajstić information content (AvgIpc) is 2.96. The number of carbonyl (C=O) groups excluding carboxylic acids is 1. The molecule has 2 rings (SSSR count). The third-order valence-corrected chi connectivity index (χ3v) is 2.49. The van der Waals surface area contributed by atoms with Crippen molar-refractivity contribution in [3.8, 4) is 11.8 Å². The highest BCUT2D eigenvalue weighted by molar-refractivity contribution is 5.75. The predicted octanol–water partition coefficient (Wildman–Crippen LogP) is 0.860. The number of rotatable bonds is 3. The molecule has 0 saturated carbocycles. The van der Waals surface area contributed by atoms with Crippen LogP contribution in [-0.4, -0.2) is 32.7 Å². The lowest BCUT2D eigenvalue weighted by molar-refractivity contribution is -0.137. The van der Waals surface area contributed by atoms with E-state index in [9.17, 15) is 18.0 Å². The van der Waals surface area contributed by atoms with E-state index in [0.717, 1.165) is 12.1 Å². The Bertz CT molecular complexity index is 700. The minimum atomic E-state index is -4.41. The van der Waals surface area contributed by atoms with Crippen molar-refractivity contribution in [1.29, 1.82) is 0 Å². The first-order valence-electron chi connectivity index (χ1n) is 6.09. The van der Waals surface area contributed by atoms with Crippen LogP contribution in [0.2, 0.25) is 0 Å². The Morgan fingerprint density at radius 2 is 2.18 bits per heavy atom. The Hall–Kier alpha value is -2.89. The predicted molar refractivity (Wildman–Crippen MR) is 69.1 cm³/mol. The van der Waals surface area contributed by atoms with Crippen molar-refractivity contribution in [3.05, 3.63) is 41.7 Å². The molecule has 0 aliphatic carbocycles. The molecule has 0 saturated heterocycles. The summed E-state index contributed by atoms with van der Waals surface area (Å²) in [6, 6.07) is 4.67. The van der Waals surface area contributed by atoms with Crippen LogP contribution in [0.3, 0.4) is 0 Å². The summed E-state index contributed by atoms with van der Waals surface area (Å²) in [5.74, 6) is 4.78. The number of hydrogen-bond donors (Lipinski definition) is 1. The van der Waals surface area contributed by atoms with E-state index in [0.29, 0.717) is 0 Å². The molecule has 2 aromatic rings. The van der Waals surface area contributed by atoms with Crippen LogP contribution >= 0.6 is 0 Å². The summed E-state index contributed by atoms with van der Waals surface area (Å²) in [7, 11) is 0. The lowest BCUT2D eigenvalue weighted by atomic mass is 10.1. The highest BCUT2D eigenvalue weighted by Gasteiger charge is 2.30. The first-order chi connectivity index (χ1) is 10.4. The van der Waals surface area contributed by atoms with Crippen molar-refractivity contribution in [2.75, 3.05) is 6.54 Å². The molecule has 0 bridgehead atoms. The van der Waals surface area contributed by atoms with Crippen molar-refractivity contribution >= 4 is 5.91 Å². The molecule has 1 aromatic heterocycles. The molecule has 0 aliphatic rings. The summed E-state index contributed by atoms with van der Waals surface area (Å²) in [6.07, 6.45) is -3.12. The third-order valence-electron chi connectivity index (χ3n) is 2.49. The molecule has 1 amide bonds.